The summed E-state index contributed by atoms with van der Waals surface area (Å²) in [5.41, 5.74) is -0.428. The number of carbonyl (C=O) groups is 1. The molecule has 0 fully saturated rings. The van der Waals surface area contributed by atoms with Gasteiger partial charge < -0.3 is 5.32 Å². The molecule has 0 saturated carbocycles. The van der Waals surface area contributed by atoms with Gasteiger partial charge in [-0.3, -0.25) is 25.0 Å². The van der Waals surface area contributed by atoms with E-state index in [0.717, 1.165) is 0 Å². The highest BCUT2D eigenvalue weighted by molar-refractivity contribution is 7.98. The van der Waals surface area contributed by atoms with Gasteiger partial charge in [-0.05, 0) is 24.5 Å². The quantitative estimate of drug-likeness (QED) is 0.509. The van der Waals surface area contributed by atoms with E-state index in [1.54, 1.807) is 12.3 Å². The van der Waals surface area contributed by atoms with Crippen molar-refractivity contribution in [2.45, 2.75) is 4.90 Å². The van der Waals surface area contributed by atoms with Gasteiger partial charge in [-0.2, -0.15) is 0 Å². The van der Waals surface area contributed by atoms with Gasteiger partial charge in [0.15, 0.2) is 0 Å². The zero-order valence-corrected chi connectivity index (χ0v) is 12.7. The number of non-ortho nitro benzene ring substituents is 1. The molecule has 0 saturated heterocycles. The first-order valence-electron chi connectivity index (χ1n) is 6.30. The van der Waals surface area contributed by atoms with Crippen LogP contribution in [0.2, 0.25) is 0 Å². The van der Waals surface area contributed by atoms with Crippen LogP contribution in [0.3, 0.4) is 0 Å². The maximum Gasteiger partial charge on any atom is 0.282 e. The van der Waals surface area contributed by atoms with E-state index in [4.69, 9.17) is 0 Å². The second-order valence-electron chi connectivity index (χ2n) is 4.40. The fraction of sp³-hybridized carbons (Fsp3) is 0.0714. The minimum atomic E-state index is -0.701. The Morgan fingerprint density at radius 3 is 2.43 bits per heavy atom. The van der Waals surface area contributed by atoms with Crippen molar-refractivity contribution in [1.82, 2.24) is 0 Å². The highest BCUT2D eigenvalue weighted by Gasteiger charge is 2.21. The summed E-state index contributed by atoms with van der Waals surface area (Å²) in [6, 6.07) is 9.57. The van der Waals surface area contributed by atoms with Crippen LogP contribution in [-0.2, 0) is 0 Å². The van der Waals surface area contributed by atoms with Crippen LogP contribution >= 0.6 is 11.8 Å². The van der Waals surface area contributed by atoms with Gasteiger partial charge in [0.05, 0.1) is 9.85 Å². The standard InChI is InChI=1S/C14H11N3O5S/c1-23-11-5-6-13(17(21)22)12(8-11)14(18)15-9-3-2-4-10(7-9)16(19)20/h2-8H,1H3,(H,15,18). The number of hydrogen-bond donors (Lipinski definition) is 1. The number of anilines is 1. The third-order valence-electron chi connectivity index (χ3n) is 2.96. The monoisotopic (exact) mass is 333 g/mol. The van der Waals surface area contributed by atoms with Crippen molar-refractivity contribution in [3.63, 3.8) is 0 Å². The van der Waals surface area contributed by atoms with E-state index < -0.39 is 15.8 Å². The summed E-state index contributed by atoms with van der Waals surface area (Å²) in [6.07, 6.45) is 1.78. The Hall–Kier alpha value is -2.94. The van der Waals surface area contributed by atoms with Crippen LogP contribution in [0.1, 0.15) is 10.4 Å². The molecule has 2 aromatic carbocycles. The minimum Gasteiger partial charge on any atom is -0.322 e. The molecule has 0 radical (unpaired) electrons. The number of benzene rings is 2. The summed E-state index contributed by atoms with van der Waals surface area (Å²) in [5.74, 6) is -0.701. The van der Waals surface area contributed by atoms with Crippen LogP contribution in [0.4, 0.5) is 17.1 Å². The maximum atomic E-state index is 12.3. The van der Waals surface area contributed by atoms with Crippen LogP contribution in [0.25, 0.3) is 0 Å². The van der Waals surface area contributed by atoms with Crippen LogP contribution in [0, 0.1) is 20.2 Å². The Morgan fingerprint density at radius 1 is 1.09 bits per heavy atom. The highest BCUT2D eigenvalue weighted by atomic mass is 32.2. The van der Waals surface area contributed by atoms with Crippen molar-refractivity contribution in [2.24, 2.45) is 0 Å². The van der Waals surface area contributed by atoms with Gasteiger partial charge in [0.2, 0.25) is 0 Å². The second kappa shape index (κ2) is 6.88. The molecule has 9 heteroatoms. The van der Waals surface area contributed by atoms with Gasteiger partial charge in [-0.1, -0.05) is 6.07 Å². The molecule has 0 bridgehead atoms. The van der Waals surface area contributed by atoms with Gasteiger partial charge >= 0.3 is 0 Å². The average Bonchev–Trinajstić information content (AvgIpc) is 2.54. The molecule has 0 aliphatic rings. The molecule has 0 aliphatic carbocycles. The minimum absolute atomic E-state index is 0.103. The first-order chi connectivity index (χ1) is 10.9. The number of nitrogens with zero attached hydrogens (tertiary/aromatic N) is 2. The molecule has 2 aromatic rings. The lowest BCUT2D eigenvalue weighted by Crippen LogP contribution is -2.14. The molecule has 0 heterocycles. The zero-order valence-electron chi connectivity index (χ0n) is 11.9. The van der Waals surface area contributed by atoms with Gasteiger partial charge in [-0.25, -0.2) is 0 Å². The summed E-state index contributed by atoms with van der Waals surface area (Å²) >= 11 is 1.34. The van der Waals surface area contributed by atoms with E-state index in [1.807, 2.05) is 0 Å². The van der Waals surface area contributed by atoms with Crippen LogP contribution in [0.15, 0.2) is 47.4 Å². The molecule has 0 unspecified atom stereocenters. The van der Waals surface area contributed by atoms with Crippen molar-refractivity contribution in [3.8, 4) is 0 Å². The van der Waals surface area contributed by atoms with E-state index in [9.17, 15) is 25.0 Å². The third kappa shape index (κ3) is 3.83. The molecule has 1 N–H and O–H groups in total. The fourth-order valence-corrected chi connectivity index (χ4v) is 2.32. The lowest BCUT2D eigenvalue weighted by Gasteiger charge is -2.07. The molecular formula is C14H11N3O5S. The van der Waals surface area contributed by atoms with E-state index in [-0.39, 0.29) is 22.6 Å². The van der Waals surface area contributed by atoms with E-state index in [1.165, 1.54) is 48.2 Å². The van der Waals surface area contributed by atoms with E-state index in [0.29, 0.717) is 4.90 Å². The summed E-state index contributed by atoms with van der Waals surface area (Å²) in [4.78, 5) is 33.5. The molecule has 0 aliphatic heterocycles. The van der Waals surface area contributed by atoms with Gasteiger partial charge in [0.25, 0.3) is 17.3 Å². The largest absolute Gasteiger partial charge is 0.322 e. The summed E-state index contributed by atoms with van der Waals surface area (Å²) < 4.78 is 0. The number of rotatable bonds is 5. The smallest absolute Gasteiger partial charge is 0.282 e. The fourth-order valence-electron chi connectivity index (χ4n) is 1.88. The van der Waals surface area contributed by atoms with Crippen molar-refractivity contribution < 1.29 is 14.6 Å². The summed E-state index contributed by atoms with van der Waals surface area (Å²) in [6.45, 7) is 0. The van der Waals surface area contributed by atoms with Crippen molar-refractivity contribution in [2.75, 3.05) is 11.6 Å². The molecule has 0 aromatic heterocycles. The average molecular weight is 333 g/mol. The normalized spacial score (nSPS) is 10.1. The van der Waals surface area contributed by atoms with E-state index in [2.05, 4.69) is 5.32 Å². The number of hydrogen-bond acceptors (Lipinski definition) is 6. The lowest BCUT2D eigenvalue weighted by atomic mass is 10.1. The molecule has 118 valence electrons. The first kappa shape index (κ1) is 16.4. The Balaban J connectivity index is 2.35. The maximum absolute atomic E-state index is 12.3. The number of thioether (sulfide) groups is 1. The Kier molecular flexibility index (Phi) is 4.91. The predicted molar refractivity (Wildman–Crippen MR) is 85.9 cm³/mol. The van der Waals surface area contributed by atoms with Crippen molar-refractivity contribution in [1.29, 1.82) is 0 Å². The second-order valence-corrected chi connectivity index (χ2v) is 5.28. The number of nitro groups is 2. The summed E-state index contributed by atoms with van der Waals surface area (Å²) in [7, 11) is 0. The molecule has 0 atom stereocenters. The van der Waals surface area contributed by atoms with Gasteiger partial charge in [0, 0.05) is 28.8 Å². The molecule has 2 rings (SSSR count). The van der Waals surface area contributed by atoms with Crippen LogP contribution in [-0.4, -0.2) is 22.0 Å². The SMILES string of the molecule is CSc1ccc([N+](=O)[O-])c(C(=O)Nc2cccc([N+](=O)[O-])c2)c1. The summed E-state index contributed by atoms with van der Waals surface area (Å²) in [5, 5.41) is 24.2. The first-order valence-corrected chi connectivity index (χ1v) is 7.53. The van der Waals surface area contributed by atoms with E-state index >= 15 is 0 Å². The van der Waals surface area contributed by atoms with Crippen LogP contribution in [0.5, 0.6) is 0 Å². The number of carbonyl (C=O) groups excluding carboxylic acids is 1. The van der Waals surface area contributed by atoms with Crippen molar-refractivity contribution >= 4 is 34.7 Å². The van der Waals surface area contributed by atoms with Crippen LogP contribution < -0.4 is 5.32 Å². The number of amides is 1. The lowest BCUT2D eigenvalue weighted by molar-refractivity contribution is -0.385. The molecule has 8 nitrogen and oxygen atoms in total. The topological polar surface area (TPSA) is 115 Å². The number of nitrogens with one attached hydrogen (secondary N) is 1. The molecular weight excluding hydrogens is 322 g/mol. The van der Waals surface area contributed by atoms with Gasteiger partial charge in [-0.15, -0.1) is 11.8 Å². The third-order valence-corrected chi connectivity index (χ3v) is 3.69. The molecule has 1 amide bonds. The highest BCUT2D eigenvalue weighted by Crippen LogP contribution is 2.26. The Bertz CT molecular complexity index is 794. The molecule has 23 heavy (non-hydrogen) atoms. The Labute approximate surface area is 134 Å². The molecule has 0 spiro atoms. The zero-order chi connectivity index (χ0) is 17.0. The Morgan fingerprint density at radius 2 is 1.83 bits per heavy atom. The van der Waals surface area contributed by atoms with Gasteiger partial charge in [0.1, 0.15) is 5.56 Å². The predicted octanol–water partition coefficient (Wildman–Crippen LogP) is 3.48. The van der Waals surface area contributed by atoms with Crippen molar-refractivity contribution in [3.05, 3.63) is 68.3 Å². The number of nitro benzene ring substituents is 2.